The van der Waals surface area contributed by atoms with Crippen molar-refractivity contribution in [1.29, 1.82) is 0 Å². The quantitative estimate of drug-likeness (QED) is 0.589. The maximum absolute atomic E-state index is 12.4. The summed E-state index contributed by atoms with van der Waals surface area (Å²) < 4.78 is 19.4. The first kappa shape index (κ1) is 21.0. The molecule has 2 aliphatic heterocycles. The van der Waals surface area contributed by atoms with Gasteiger partial charge in [0.05, 0.1) is 18.6 Å². The number of aromatic nitrogens is 2. The molecule has 2 fully saturated rings. The van der Waals surface area contributed by atoms with Crippen LogP contribution in [0.25, 0.3) is 0 Å². The Hall–Kier alpha value is -1.71. The molecule has 0 saturated carbocycles. The maximum atomic E-state index is 12.4. The molecule has 0 radical (unpaired) electrons. The van der Waals surface area contributed by atoms with Gasteiger partial charge in [-0.05, 0) is 24.6 Å². The summed E-state index contributed by atoms with van der Waals surface area (Å²) in [6.45, 7) is 13.1. The number of aromatic amines is 1. The average Bonchev–Trinajstić information content (AvgIpc) is 3.08. The smallest absolute Gasteiger partial charge is 0.330 e. The molecule has 0 unspecified atom stereocenters. The average molecular weight is 411 g/mol. The lowest BCUT2D eigenvalue weighted by Crippen LogP contribution is -2.44. The van der Waals surface area contributed by atoms with E-state index in [0.29, 0.717) is 13.0 Å². The van der Waals surface area contributed by atoms with Crippen LogP contribution in [0.2, 0.25) is 18.1 Å². The van der Waals surface area contributed by atoms with Crippen LogP contribution < -0.4 is 11.2 Å². The van der Waals surface area contributed by atoms with Crippen molar-refractivity contribution in [2.24, 2.45) is 11.8 Å². The lowest BCUT2D eigenvalue weighted by molar-refractivity contribution is -0.153. The highest BCUT2D eigenvalue weighted by molar-refractivity contribution is 6.74. The molecule has 3 rings (SSSR count). The highest BCUT2D eigenvalue weighted by Crippen LogP contribution is 2.47. The monoisotopic (exact) mass is 410 g/mol. The summed E-state index contributed by atoms with van der Waals surface area (Å²) in [5, 5.41) is 0.0480. The lowest BCUT2D eigenvalue weighted by atomic mass is 9.85. The van der Waals surface area contributed by atoms with Gasteiger partial charge < -0.3 is 13.9 Å². The fraction of sp³-hybridized carbons (Fsp3) is 0.737. The standard InChI is InChI=1S/C19H30N2O6Si/c1-7-11-14-12(10-25-28(5,6)19(2,3)4)26-16(15(14)27-17(11)23)21-9-8-13(22)20-18(21)24/h8-9,11-12,14-16H,7,10H2,1-6H3,(H,20,22,24)/t11-,12+,14+,15+,16+/m0/s1. The van der Waals surface area contributed by atoms with Crippen molar-refractivity contribution in [3.8, 4) is 0 Å². The minimum Gasteiger partial charge on any atom is -0.457 e. The van der Waals surface area contributed by atoms with Crippen LogP contribution in [0.1, 0.15) is 40.3 Å². The van der Waals surface area contributed by atoms with E-state index >= 15 is 0 Å². The number of fused-ring (bicyclic) bond motifs is 1. The number of carbonyl (C=O) groups excluding carboxylic acids is 1. The van der Waals surface area contributed by atoms with Gasteiger partial charge in [-0.1, -0.05) is 27.7 Å². The van der Waals surface area contributed by atoms with Crippen LogP contribution in [-0.4, -0.2) is 42.7 Å². The second-order valence-electron chi connectivity index (χ2n) is 9.15. The fourth-order valence-corrected chi connectivity index (χ4v) is 4.71. The number of nitrogens with one attached hydrogen (secondary N) is 1. The summed E-state index contributed by atoms with van der Waals surface area (Å²) in [6, 6.07) is 1.26. The largest absolute Gasteiger partial charge is 0.457 e. The molecule has 0 aliphatic carbocycles. The van der Waals surface area contributed by atoms with Crippen LogP contribution in [0.3, 0.4) is 0 Å². The summed E-state index contributed by atoms with van der Waals surface area (Å²) in [6.07, 6.45) is 0.302. The zero-order valence-electron chi connectivity index (χ0n) is 17.4. The van der Waals surface area contributed by atoms with Crippen LogP contribution >= 0.6 is 0 Å². The van der Waals surface area contributed by atoms with Crippen molar-refractivity contribution in [3.05, 3.63) is 33.1 Å². The van der Waals surface area contributed by atoms with Crippen LogP contribution in [0.4, 0.5) is 0 Å². The van der Waals surface area contributed by atoms with Gasteiger partial charge in [0.2, 0.25) is 0 Å². The Morgan fingerprint density at radius 1 is 1.25 bits per heavy atom. The molecule has 2 saturated heterocycles. The number of rotatable bonds is 5. The normalized spacial score (nSPS) is 30.4. The third-order valence-electron chi connectivity index (χ3n) is 6.40. The number of carbonyl (C=O) groups is 1. The summed E-state index contributed by atoms with van der Waals surface area (Å²) >= 11 is 0. The summed E-state index contributed by atoms with van der Waals surface area (Å²) in [7, 11) is -2.01. The molecular weight excluding hydrogens is 380 g/mol. The van der Waals surface area contributed by atoms with Gasteiger partial charge in [-0.15, -0.1) is 0 Å². The van der Waals surface area contributed by atoms with Crippen LogP contribution in [0, 0.1) is 11.8 Å². The van der Waals surface area contributed by atoms with Crippen LogP contribution in [0.5, 0.6) is 0 Å². The Balaban J connectivity index is 1.89. The third kappa shape index (κ3) is 3.62. The summed E-state index contributed by atoms with van der Waals surface area (Å²) in [5.74, 6) is -0.742. The molecular formula is C19H30N2O6Si. The first-order valence-corrected chi connectivity index (χ1v) is 12.7. The topological polar surface area (TPSA) is 99.6 Å². The molecule has 2 aliphatic rings. The van der Waals surface area contributed by atoms with Crippen LogP contribution in [-0.2, 0) is 18.7 Å². The molecule has 28 heavy (non-hydrogen) atoms. The lowest BCUT2D eigenvalue weighted by Gasteiger charge is -2.37. The first-order chi connectivity index (χ1) is 13.0. The van der Waals surface area contributed by atoms with Crippen molar-refractivity contribution in [3.63, 3.8) is 0 Å². The number of H-pyrrole nitrogens is 1. The molecule has 156 valence electrons. The predicted octanol–water partition coefficient (Wildman–Crippen LogP) is 2.02. The molecule has 5 atom stereocenters. The molecule has 0 bridgehead atoms. The van der Waals surface area contributed by atoms with Gasteiger partial charge >= 0.3 is 11.7 Å². The van der Waals surface area contributed by atoms with Gasteiger partial charge in [-0.2, -0.15) is 0 Å². The van der Waals surface area contributed by atoms with Crippen molar-refractivity contribution < 1.29 is 18.7 Å². The Labute approximate surface area is 165 Å². The maximum Gasteiger partial charge on any atom is 0.330 e. The Bertz CT molecular complexity index is 855. The second-order valence-corrected chi connectivity index (χ2v) is 14.0. The van der Waals surface area contributed by atoms with Gasteiger partial charge in [-0.3, -0.25) is 19.1 Å². The van der Waals surface area contributed by atoms with Gasteiger partial charge in [0.15, 0.2) is 20.6 Å². The summed E-state index contributed by atoms with van der Waals surface area (Å²) in [5.41, 5.74) is -1.07. The third-order valence-corrected chi connectivity index (χ3v) is 10.9. The van der Waals surface area contributed by atoms with Crippen molar-refractivity contribution in [1.82, 2.24) is 9.55 Å². The minimum absolute atomic E-state index is 0.0480. The van der Waals surface area contributed by atoms with Crippen molar-refractivity contribution >= 4 is 14.3 Å². The van der Waals surface area contributed by atoms with Gasteiger partial charge in [0.25, 0.3) is 5.56 Å². The molecule has 0 aromatic carbocycles. The Morgan fingerprint density at radius 2 is 1.93 bits per heavy atom. The van der Waals surface area contributed by atoms with E-state index in [1.54, 1.807) is 0 Å². The highest BCUT2D eigenvalue weighted by atomic mass is 28.4. The van der Waals surface area contributed by atoms with E-state index in [-0.39, 0.29) is 28.9 Å². The Morgan fingerprint density at radius 3 is 2.50 bits per heavy atom. The van der Waals surface area contributed by atoms with E-state index in [1.807, 2.05) is 6.92 Å². The second kappa shape index (κ2) is 7.27. The molecule has 1 N–H and O–H groups in total. The van der Waals surface area contributed by atoms with E-state index in [0.717, 1.165) is 0 Å². The van der Waals surface area contributed by atoms with Crippen molar-refractivity contribution in [2.75, 3.05) is 6.61 Å². The molecule has 0 spiro atoms. The molecule has 1 aromatic heterocycles. The Kier molecular flexibility index (Phi) is 5.46. The van der Waals surface area contributed by atoms with E-state index in [1.165, 1.54) is 16.8 Å². The zero-order chi connectivity index (χ0) is 20.9. The zero-order valence-corrected chi connectivity index (χ0v) is 18.4. The number of hydrogen-bond acceptors (Lipinski definition) is 6. The molecule has 1 aromatic rings. The molecule has 3 heterocycles. The van der Waals surface area contributed by atoms with E-state index in [4.69, 9.17) is 13.9 Å². The van der Waals surface area contributed by atoms with Crippen LogP contribution in [0.15, 0.2) is 21.9 Å². The highest BCUT2D eigenvalue weighted by Gasteiger charge is 2.58. The molecule has 0 amide bonds. The minimum atomic E-state index is -2.01. The predicted molar refractivity (Wildman–Crippen MR) is 106 cm³/mol. The number of ether oxygens (including phenoxy) is 2. The van der Waals surface area contributed by atoms with E-state index in [9.17, 15) is 14.4 Å². The van der Waals surface area contributed by atoms with Gasteiger partial charge in [-0.25, -0.2) is 4.79 Å². The van der Waals surface area contributed by atoms with Gasteiger partial charge in [0, 0.05) is 18.2 Å². The van der Waals surface area contributed by atoms with E-state index in [2.05, 4.69) is 38.8 Å². The molecule has 9 heteroatoms. The van der Waals surface area contributed by atoms with Gasteiger partial charge in [0.1, 0.15) is 0 Å². The first-order valence-electron chi connectivity index (χ1n) is 9.77. The summed E-state index contributed by atoms with van der Waals surface area (Å²) in [4.78, 5) is 38.3. The number of esters is 1. The number of hydrogen-bond donors (Lipinski definition) is 1. The number of nitrogens with zero attached hydrogens (tertiary/aromatic N) is 1. The fourth-order valence-electron chi connectivity index (χ4n) is 3.70. The SMILES string of the molecule is CC[C@@H]1C(=O)O[C@@H]2[C@H]1[C@@H](CO[Si](C)(C)C(C)(C)C)O[C@H]2n1ccc(=O)[nH]c1=O. The van der Waals surface area contributed by atoms with E-state index < -0.39 is 31.9 Å². The van der Waals surface area contributed by atoms with Crippen molar-refractivity contribution in [2.45, 2.75) is 70.7 Å². The molecule has 8 nitrogen and oxygen atoms in total.